The molecule has 3 fully saturated rings. The van der Waals surface area contributed by atoms with Crippen LogP contribution in [0.2, 0.25) is 0 Å². The lowest BCUT2D eigenvalue weighted by Crippen LogP contribution is -2.56. The summed E-state index contributed by atoms with van der Waals surface area (Å²) in [5.41, 5.74) is -0.857. The standard InChI is InChI=1S/C25H42N6O3/c1-3-34-24(33)28-23(31-14-8-5-9-15-31)27-21(18-20-10-6-4-7-11-20)22(32)29-25(19-26)12-16-30(2)17-13-25/h20-21H,3-18H2,1-2H3,(H,29,32)(H,27,28,33). The van der Waals surface area contributed by atoms with Gasteiger partial charge >= 0.3 is 6.09 Å². The zero-order chi connectivity index (χ0) is 24.4. The quantitative estimate of drug-likeness (QED) is 0.452. The fourth-order valence-electron chi connectivity index (χ4n) is 5.25. The Balaban J connectivity index is 1.83. The zero-order valence-electron chi connectivity index (χ0n) is 21.0. The smallest absolute Gasteiger partial charge is 0.413 e. The van der Waals surface area contributed by atoms with E-state index in [2.05, 4.69) is 26.5 Å². The molecule has 2 N–H and O–H groups in total. The van der Waals surface area contributed by atoms with E-state index in [-0.39, 0.29) is 12.5 Å². The molecule has 0 spiro atoms. The Labute approximate surface area is 204 Å². The summed E-state index contributed by atoms with van der Waals surface area (Å²) in [6, 6.07) is 1.74. The van der Waals surface area contributed by atoms with Crippen molar-refractivity contribution in [3.63, 3.8) is 0 Å². The van der Waals surface area contributed by atoms with Crippen LogP contribution >= 0.6 is 0 Å². The molecule has 0 aromatic carbocycles. The van der Waals surface area contributed by atoms with E-state index in [0.29, 0.717) is 31.1 Å². The first-order valence-corrected chi connectivity index (χ1v) is 13.1. The Hall–Kier alpha value is -2.34. The van der Waals surface area contributed by atoms with Crippen molar-refractivity contribution < 1.29 is 14.3 Å². The number of ether oxygens (including phenoxy) is 1. The van der Waals surface area contributed by atoms with Crippen molar-refractivity contribution in [2.75, 3.05) is 39.8 Å². The first-order valence-electron chi connectivity index (χ1n) is 13.1. The highest BCUT2D eigenvalue weighted by atomic mass is 16.5. The van der Waals surface area contributed by atoms with E-state index in [1.54, 1.807) is 6.92 Å². The molecule has 0 aromatic rings. The van der Waals surface area contributed by atoms with Gasteiger partial charge in [-0.1, -0.05) is 32.1 Å². The number of hydrogen-bond acceptors (Lipinski definition) is 6. The summed E-state index contributed by atoms with van der Waals surface area (Å²) in [5, 5.41) is 15.8. The molecule has 190 valence electrons. The van der Waals surface area contributed by atoms with Gasteiger partial charge in [0.2, 0.25) is 11.9 Å². The molecule has 2 saturated heterocycles. The van der Waals surface area contributed by atoms with Crippen molar-refractivity contribution in [1.29, 1.82) is 5.26 Å². The van der Waals surface area contributed by atoms with Crippen LogP contribution in [0.25, 0.3) is 0 Å². The number of carbonyl (C=O) groups excluding carboxylic acids is 2. The molecule has 2 aliphatic heterocycles. The van der Waals surface area contributed by atoms with E-state index < -0.39 is 17.7 Å². The van der Waals surface area contributed by atoms with E-state index in [0.717, 1.165) is 58.3 Å². The molecule has 2 heterocycles. The van der Waals surface area contributed by atoms with Gasteiger partial charge in [-0.15, -0.1) is 0 Å². The third kappa shape index (κ3) is 7.59. The molecular weight excluding hydrogens is 432 g/mol. The van der Waals surface area contributed by atoms with Crippen LogP contribution in [0.5, 0.6) is 0 Å². The fourth-order valence-corrected chi connectivity index (χ4v) is 5.25. The maximum Gasteiger partial charge on any atom is 0.413 e. The number of carbonyl (C=O) groups is 2. The summed E-state index contributed by atoms with van der Waals surface area (Å²) < 4.78 is 5.11. The van der Waals surface area contributed by atoms with Crippen LogP contribution in [0.3, 0.4) is 0 Å². The molecule has 9 nitrogen and oxygen atoms in total. The Morgan fingerprint density at radius 2 is 1.74 bits per heavy atom. The zero-order valence-corrected chi connectivity index (χ0v) is 21.0. The SMILES string of the molecule is CCOC(=O)N/C(=N/C(CC1CCCCC1)C(=O)NC1(C#N)CCN(C)CC1)N1CCCCC1. The van der Waals surface area contributed by atoms with E-state index in [1.807, 2.05) is 7.05 Å². The summed E-state index contributed by atoms with van der Waals surface area (Å²) >= 11 is 0. The molecule has 3 aliphatic rings. The monoisotopic (exact) mass is 474 g/mol. The van der Waals surface area contributed by atoms with Crippen molar-refractivity contribution >= 4 is 18.0 Å². The molecular formula is C25H42N6O3. The van der Waals surface area contributed by atoms with Gasteiger partial charge in [-0.05, 0) is 58.4 Å². The number of nitrogens with one attached hydrogen (secondary N) is 2. The highest BCUT2D eigenvalue weighted by molar-refractivity contribution is 5.96. The number of hydrogen-bond donors (Lipinski definition) is 2. The molecule has 1 saturated carbocycles. The van der Waals surface area contributed by atoms with Gasteiger partial charge in [-0.2, -0.15) is 5.26 Å². The van der Waals surface area contributed by atoms with E-state index in [9.17, 15) is 14.9 Å². The summed E-state index contributed by atoms with van der Waals surface area (Å²) in [6.45, 7) is 5.15. The average molecular weight is 475 g/mol. The topological polar surface area (TPSA) is 110 Å². The average Bonchev–Trinajstić information content (AvgIpc) is 2.86. The number of guanidine groups is 1. The second kappa shape index (κ2) is 12.9. The number of nitrogens with zero attached hydrogens (tertiary/aromatic N) is 4. The molecule has 1 unspecified atom stereocenters. The van der Waals surface area contributed by atoms with Gasteiger partial charge in [0.15, 0.2) is 0 Å². The van der Waals surface area contributed by atoms with Gasteiger partial charge in [0.25, 0.3) is 0 Å². The van der Waals surface area contributed by atoms with Crippen LogP contribution in [0.15, 0.2) is 4.99 Å². The third-order valence-corrected chi connectivity index (χ3v) is 7.42. The maximum atomic E-state index is 13.6. The van der Waals surface area contributed by atoms with Gasteiger partial charge in [0.1, 0.15) is 11.6 Å². The number of amides is 2. The third-order valence-electron chi connectivity index (χ3n) is 7.42. The van der Waals surface area contributed by atoms with Crippen LogP contribution in [-0.4, -0.2) is 79.2 Å². The predicted octanol–water partition coefficient (Wildman–Crippen LogP) is 3.02. The molecule has 1 aliphatic carbocycles. The summed E-state index contributed by atoms with van der Waals surface area (Å²) in [4.78, 5) is 35.0. The molecule has 2 amide bonds. The Morgan fingerprint density at radius 3 is 2.35 bits per heavy atom. The molecule has 34 heavy (non-hydrogen) atoms. The van der Waals surface area contributed by atoms with Gasteiger partial charge < -0.3 is 19.9 Å². The first-order chi connectivity index (χ1) is 16.4. The molecule has 1 atom stereocenters. The lowest BCUT2D eigenvalue weighted by Gasteiger charge is -2.37. The molecule has 0 radical (unpaired) electrons. The van der Waals surface area contributed by atoms with Crippen molar-refractivity contribution in [3.8, 4) is 6.07 Å². The van der Waals surface area contributed by atoms with Crippen molar-refractivity contribution in [2.45, 2.75) is 89.1 Å². The van der Waals surface area contributed by atoms with E-state index >= 15 is 0 Å². The maximum absolute atomic E-state index is 13.6. The van der Waals surface area contributed by atoms with Gasteiger partial charge in [0, 0.05) is 26.2 Å². The number of aliphatic imine (C=N–C) groups is 1. The highest BCUT2D eigenvalue weighted by Gasteiger charge is 2.38. The number of nitriles is 1. The summed E-state index contributed by atoms with van der Waals surface area (Å²) in [7, 11) is 2.03. The lowest BCUT2D eigenvalue weighted by atomic mass is 9.84. The van der Waals surface area contributed by atoms with Gasteiger partial charge in [-0.25, -0.2) is 9.79 Å². The van der Waals surface area contributed by atoms with Crippen LogP contribution in [-0.2, 0) is 9.53 Å². The Kier molecular flexibility index (Phi) is 10.00. The minimum atomic E-state index is -0.857. The van der Waals surface area contributed by atoms with Crippen molar-refractivity contribution in [2.24, 2.45) is 10.9 Å². The molecule has 3 rings (SSSR count). The summed E-state index contributed by atoms with van der Waals surface area (Å²) in [6.07, 6.45) is 10.3. The Bertz CT molecular complexity index is 744. The number of rotatable bonds is 6. The normalized spacial score (nSPS) is 23.0. The Morgan fingerprint density at radius 1 is 1.09 bits per heavy atom. The lowest BCUT2D eigenvalue weighted by molar-refractivity contribution is -0.124. The van der Waals surface area contributed by atoms with E-state index in [1.165, 1.54) is 19.3 Å². The van der Waals surface area contributed by atoms with Gasteiger partial charge in [-0.3, -0.25) is 10.1 Å². The first kappa shape index (κ1) is 26.3. The van der Waals surface area contributed by atoms with E-state index in [4.69, 9.17) is 9.73 Å². The van der Waals surface area contributed by atoms with Crippen molar-refractivity contribution in [3.05, 3.63) is 0 Å². The minimum absolute atomic E-state index is 0.211. The fraction of sp³-hybridized carbons (Fsp3) is 0.840. The number of piperidine rings is 2. The predicted molar refractivity (Wildman–Crippen MR) is 131 cm³/mol. The van der Waals surface area contributed by atoms with Gasteiger partial charge in [0.05, 0.1) is 12.7 Å². The van der Waals surface area contributed by atoms with Crippen LogP contribution in [0, 0.1) is 17.2 Å². The highest BCUT2D eigenvalue weighted by Crippen LogP contribution is 2.29. The second-order valence-electron chi connectivity index (χ2n) is 10.1. The van der Waals surface area contributed by atoms with Crippen molar-refractivity contribution in [1.82, 2.24) is 20.4 Å². The largest absolute Gasteiger partial charge is 0.450 e. The van der Waals surface area contributed by atoms with Crippen LogP contribution < -0.4 is 10.6 Å². The number of likely N-dealkylation sites (tertiary alicyclic amines) is 2. The molecule has 0 bridgehead atoms. The molecule has 9 heteroatoms. The minimum Gasteiger partial charge on any atom is -0.450 e. The second-order valence-corrected chi connectivity index (χ2v) is 10.1. The van der Waals surface area contributed by atoms with Crippen LogP contribution in [0.1, 0.15) is 77.6 Å². The number of alkyl carbamates (subject to hydrolysis) is 1. The summed E-state index contributed by atoms with van der Waals surface area (Å²) in [5.74, 6) is 0.634. The molecule has 0 aromatic heterocycles. The van der Waals surface area contributed by atoms with Crippen LogP contribution in [0.4, 0.5) is 4.79 Å².